The Kier molecular flexibility index (Phi) is 6.30. The molecule has 1 saturated heterocycles. The van der Waals surface area contributed by atoms with Crippen molar-refractivity contribution >= 4 is 11.6 Å². The Bertz CT molecular complexity index is 425. The number of halogens is 1. The number of β-amino-alcohol motifs (C(OH)–C–C–N with tert-alkyl or cyclic N) is 1. The summed E-state index contributed by atoms with van der Waals surface area (Å²) in [5, 5.41) is 10.6. The molecule has 4 nitrogen and oxygen atoms in total. The molecule has 1 aliphatic rings. The Morgan fingerprint density at radius 3 is 2.71 bits per heavy atom. The molecule has 1 heterocycles. The number of benzene rings is 1. The van der Waals surface area contributed by atoms with Crippen LogP contribution in [0.3, 0.4) is 0 Å². The number of likely N-dealkylation sites (tertiary alicyclic amines) is 1. The number of aliphatic hydroxyl groups excluding tert-OH is 1. The summed E-state index contributed by atoms with van der Waals surface area (Å²) in [7, 11) is 4.15. The lowest BCUT2D eigenvalue weighted by molar-refractivity contribution is 0.166. The van der Waals surface area contributed by atoms with Gasteiger partial charge in [-0.1, -0.05) is 11.6 Å². The molecule has 0 saturated carbocycles. The van der Waals surface area contributed by atoms with Crippen LogP contribution in [0.15, 0.2) is 24.3 Å². The second kappa shape index (κ2) is 7.99. The minimum absolute atomic E-state index is 0.188. The van der Waals surface area contributed by atoms with Gasteiger partial charge >= 0.3 is 0 Å². The quantitative estimate of drug-likeness (QED) is 0.782. The monoisotopic (exact) mass is 312 g/mol. The van der Waals surface area contributed by atoms with Crippen molar-refractivity contribution in [1.82, 2.24) is 9.80 Å². The summed E-state index contributed by atoms with van der Waals surface area (Å²) in [5.41, 5.74) is 0. The minimum Gasteiger partial charge on any atom is -0.494 e. The maximum atomic E-state index is 9.84. The summed E-state index contributed by atoms with van der Waals surface area (Å²) < 4.78 is 5.71. The smallest absolute Gasteiger partial charge is 0.119 e. The van der Waals surface area contributed by atoms with Gasteiger partial charge in [0.2, 0.25) is 0 Å². The number of nitrogens with zero attached hydrogens (tertiary/aromatic N) is 2. The van der Waals surface area contributed by atoms with E-state index in [0.29, 0.717) is 12.6 Å². The third-order valence-corrected chi connectivity index (χ3v) is 4.01. The molecular weight excluding hydrogens is 288 g/mol. The molecule has 2 atom stereocenters. The molecule has 0 bridgehead atoms. The van der Waals surface area contributed by atoms with Crippen LogP contribution in [0.1, 0.15) is 12.8 Å². The van der Waals surface area contributed by atoms with Gasteiger partial charge in [-0.2, -0.15) is 0 Å². The van der Waals surface area contributed by atoms with E-state index in [2.05, 4.69) is 23.9 Å². The normalized spacial score (nSPS) is 22.9. The molecule has 0 radical (unpaired) electrons. The third-order valence-electron chi connectivity index (χ3n) is 3.75. The highest BCUT2D eigenvalue weighted by atomic mass is 35.5. The van der Waals surface area contributed by atoms with E-state index in [1.807, 2.05) is 24.3 Å². The summed E-state index contributed by atoms with van der Waals surface area (Å²) in [6.07, 6.45) is 1.64. The van der Waals surface area contributed by atoms with E-state index in [1.165, 1.54) is 0 Å². The van der Waals surface area contributed by atoms with Crippen molar-refractivity contribution in [3.8, 4) is 5.75 Å². The van der Waals surface area contributed by atoms with Gasteiger partial charge in [0.05, 0.1) is 12.7 Å². The second-order valence-corrected chi connectivity index (χ2v) is 6.39. The average Bonchev–Trinajstić information content (AvgIpc) is 2.76. The summed E-state index contributed by atoms with van der Waals surface area (Å²) in [6, 6.07) is 7.89. The fourth-order valence-electron chi connectivity index (χ4n) is 2.83. The second-order valence-electron chi connectivity index (χ2n) is 5.96. The lowest BCUT2D eigenvalue weighted by atomic mass is 10.2. The van der Waals surface area contributed by atoms with Crippen molar-refractivity contribution in [2.24, 2.45) is 0 Å². The maximum absolute atomic E-state index is 9.84. The van der Waals surface area contributed by atoms with E-state index < -0.39 is 0 Å². The fraction of sp³-hybridized carbons (Fsp3) is 0.625. The lowest BCUT2D eigenvalue weighted by Crippen LogP contribution is -2.38. The molecule has 1 aliphatic heterocycles. The van der Waals surface area contributed by atoms with Gasteiger partial charge in [-0.05, 0) is 51.2 Å². The van der Waals surface area contributed by atoms with E-state index in [-0.39, 0.29) is 6.10 Å². The first kappa shape index (κ1) is 16.6. The standard InChI is InChI=1S/C16H25ClN2O2/c1-18(2)11-14-10-15(20)12-19(14)8-3-9-21-16-6-4-13(17)5-7-16/h4-7,14-15,20H,3,8-12H2,1-2H3. The molecule has 2 unspecified atom stereocenters. The molecule has 0 amide bonds. The van der Waals surface area contributed by atoms with Crippen molar-refractivity contribution < 1.29 is 9.84 Å². The van der Waals surface area contributed by atoms with Crippen LogP contribution in [0.2, 0.25) is 5.02 Å². The van der Waals surface area contributed by atoms with E-state index in [0.717, 1.165) is 43.2 Å². The summed E-state index contributed by atoms with van der Waals surface area (Å²) in [4.78, 5) is 4.55. The number of hydrogen-bond acceptors (Lipinski definition) is 4. The predicted molar refractivity (Wildman–Crippen MR) is 86.1 cm³/mol. The predicted octanol–water partition coefficient (Wildman–Crippen LogP) is 2.11. The SMILES string of the molecule is CN(C)CC1CC(O)CN1CCCOc1ccc(Cl)cc1. The topological polar surface area (TPSA) is 35.9 Å². The highest BCUT2D eigenvalue weighted by Crippen LogP contribution is 2.19. The maximum Gasteiger partial charge on any atom is 0.119 e. The van der Waals surface area contributed by atoms with E-state index in [9.17, 15) is 5.11 Å². The van der Waals surface area contributed by atoms with Crippen LogP contribution in [0.4, 0.5) is 0 Å². The van der Waals surface area contributed by atoms with Crippen LogP contribution in [-0.2, 0) is 0 Å². The van der Waals surface area contributed by atoms with Gasteiger partial charge in [0.15, 0.2) is 0 Å². The van der Waals surface area contributed by atoms with E-state index in [1.54, 1.807) is 0 Å². The minimum atomic E-state index is -0.188. The number of hydrogen-bond donors (Lipinski definition) is 1. The van der Waals surface area contributed by atoms with Crippen LogP contribution in [0, 0.1) is 0 Å². The zero-order valence-corrected chi connectivity index (χ0v) is 13.6. The Morgan fingerprint density at radius 2 is 2.05 bits per heavy atom. The van der Waals surface area contributed by atoms with Crippen LogP contribution < -0.4 is 4.74 Å². The molecule has 1 N–H and O–H groups in total. The molecule has 1 fully saturated rings. The van der Waals surface area contributed by atoms with E-state index >= 15 is 0 Å². The highest BCUT2D eigenvalue weighted by Gasteiger charge is 2.30. The zero-order valence-electron chi connectivity index (χ0n) is 12.8. The van der Waals surface area contributed by atoms with Crippen LogP contribution >= 0.6 is 11.6 Å². The lowest BCUT2D eigenvalue weighted by Gasteiger charge is -2.26. The average molecular weight is 313 g/mol. The largest absolute Gasteiger partial charge is 0.494 e. The first-order valence-corrected chi connectivity index (χ1v) is 7.87. The Morgan fingerprint density at radius 1 is 1.33 bits per heavy atom. The van der Waals surface area contributed by atoms with Crippen molar-refractivity contribution in [3.05, 3.63) is 29.3 Å². The van der Waals surface area contributed by atoms with Gasteiger partial charge < -0.3 is 14.7 Å². The fourth-order valence-corrected chi connectivity index (χ4v) is 2.96. The van der Waals surface area contributed by atoms with Gasteiger partial charge in [-0.25, -0.2) is 0 Å². The molecule has 5 heteroatoms. The van der Waals surface area contributed by atoms with Gasteiger partial charge in [0.25, 0.3) is 0 Å². The van der Waals surface area contributed by atoms with Crippen molar-refractivity contribution in [1.29, 1.82) is 0 Å². The number of ether oxygens (including phenoxy) is 1. The van der Waals surface area contributed by atoms with Crippen LogP contribution in [0.5, 0.6) is 5.75 Å². The Labute approximate surface area is 132 Å². The van der Waals surface area contributed by atoms with E-state index in [4.69, 9.17) is 16.3 Å². The van der Waals surface area contributed by atoms with Gasteiger partial charge in [-0.3, -0.25) is 4.90 Å². The molecule has 1 aromatic rings. The first-order valence-electron chi connectivity index (χ1n) is 7.50. The summed E-state index contributed by atoms with van der Waals surface area (Å²) in [6.45, 7) is 3.42. The molecular formula is C16H25ClN2O2. The number of rotatable bonds is 7. The molecule has 2 rings (SSSR count). The summed E-state index contributed by atoms with van der Waals surface area (Å²) >= 11 is 5.84. The molecule has 118 valence electrons. The van der Waals surface area contributed by atoms with Crippen LogP contribution in [0.25, 0.3) is 0 Å². The summed E-state index contributed by atoms with van der Waals surface area (Å²) in [5.74, 6) is 0.852. The Balaban J connectivity index is 1.70. The third kappa shape index (κ3) is 5.47. The molecule has 0 aromatic heterocycles. The van der Waals surface area contributed by atoms with Crippen molar-refractivity contribution in [3.63, 3.8) is 0 Å². The molecule has 0 spiro atoms. The molecule has 1 aromatic carbocycles. The van der Waals surface area contributed by atoms with Gasteiger partial charge in [-0.15, -0.1) is 0 Å². The first-order chi connectivity index (χ1) is 10.0. The van der Waals surface area contributed by atoms with Gasteiger partial charge in [0.1, 0.15) is 5.75 Å². The van der Waals surface area contributed by atoms with Gasteiger partial charge in [0, 0.05) is 30.7 Å². The van der Waals surface area contributed by atoms with Crippen LogP contribution in [-0.4, -0.2) is 67.4 Å². The zero-order chi connectivity index (χ0) is 15.2. The Hall–Kier alpha value is -0.810. The number of aliphatic hydroxyl groups is 1. The highest BCUT2D eigenvalue weighted by molar-refractivity contribution is 6.30. The molecule has 0 aliphatic carbocycles. The van der Waals surface area contributed by atoms with Crippen molar-refractivity contribution in [2.75, 3.05) is 40.3 Å². The number of likely N-dealkylation sites (N-methyl/N-ethyl adjacent to an activating group) is 1. The van der Waals surface area contributed by atoms with Crippen molar-refractivity contribution in [2.45, 2.75) is 25.0 Å². The molecule has 21 heavy (non-hydrogen) atoms.